The summed E-state index contributed by atoms with van der Waals surface area (Å²) in [7, 11) is 3.55. The van der Waals surface area contributed by atoms with E-state index in [0.29, 0.717) is 13.0 Å². The third-order valence-corrected chi connectivity index (χ3v) is 2.12. The van der Waals surface area contributed by atoms with Crippen LogP contribution in [0.3, 0.4) is 0 Å². The highest BCUT2D eigenvalue weighted by Crippen LogP contribution is 1.91. The Morgan fingerprint density at radius 1 is 1.60 bits per heavy atom. The topological polar surface area (TPSA) is 71.8 Å². The Morgan fingerprint density at radius 2 is 2.40 bits per heavy atom. The van der Waals surface area contributed by atoms with Gasteiger partial charge < -0.3 is 15.2 Å². The van der Waals surface area contributed by atoms with E-state index in [9.17, 15) is 4.79 Å². The fourth-order valence-corrected chi connectivity index (χ4v) is 1.17. The van der Waals surface area contributed by atoms with Gasteiger partial charge >= 0.3 is 0 Å². The molecule has 1 amide bonds. The molecule has 6 nitrogen and oxygen atoms in total. The molecule has 84 valence electrons. The molecular formula is C9H17N5O. The van der Waals surface area contributed by atoms with Gasteiger partial charge in [0, 0.05) is 20.5 Å². The maximum atomic E-state index is 10.9. The number of amides is 1. The Hall–Kier alpha value is -1.43. The molecule has 0 atom stereocenters. The first-order chi connectivity index (χ1) is 7.24. The fraction of sp³-hybridized carbons (Fsp3) is 0.667. The summed E-state index contributed by atoms with van der Waals surface area (Å²) in [5, 5.41) is 13.5. The first kappa shape index (κ1) is 11.6. The normalized spacial score (nSPS) is 10.3. The second kappa shape index (κ2) is 6.13. The molecule has 0 fully saturated rings. The first-order valence-electron chi connectivity index (χ1n) is 4.98. The molecule has 0 radical (unpaired) electrons. The van der Waals surface area contributed by atoms with E-state index in [1.165, 1.54) is 0 Å². The van der Waals surface area contributed by atoms with E-state index in [1.54, 1.807) is 13.4 Å². The number of carbonyl (C=O) groups is 1. The van der Waals surface area contributed by atoms with Gasteiger partial charge in [0.15, 0.2) is 0 Å². The van der Waals surface area contributed by atoms with Gasteiger partial charge in [0.25, 0.3) is 0 Å². The van der Waals surface area contributed by atoms with Gasteiger partial charge in [-0.3, -0.25) is 4.79 Å². The smallest absolute Gasteiger partial charge is 0.219 e. The molecule has 6 heteroatoms. The molecule has 0 saturated heterocycles. The van der Waals surface area contributed by atoms with Crippen LogP contribution in [0.5, 0.6) is 0 Å². The van der Waals surface area contributed by atoms with Gasteiger partial charge in [-0.15, -0.1) is 10.2 Å². The third kappa shape index (κ3) is 4.07. The highest BCUT2D eigenvalue weighted by Gasteiger charge is 2.00. The largest absolute Gasteiger partial charge is 0.359 e. The zero-order valence-corrected chi connectivity index (χ0v) is 9.16. The summed E-state index contributed by atoms with van der Waals surface area (Å²) >= 11 is 0. The van der Waals surface area contributed by atoms with Crippen LogP contribution in [0.4, 0.5) is 0 Å². The lowest BCUT2D eigenvalue weighted by atomic mass is 10.3. The average Bonchev–Trinajstić information content (AvgIpc) is 2.63. The molecule has 2 N–H and O–H groups in total. The summed E-state index contributed by atoms with van der Waals surface area (Å²) in [5.74, 6) is 0.977. The van der Waals surface area contributed by atoms with Crippen LogP contribution in [0.2, 0.25) is 0 Å². The monoisotopic (exact) mass is 211 g/mol. The second-order valence-corrected chi connectivity index (χ2v) is 3.31. The van der Waals surface area contributed by atoms with Crippen LogP contribution < -0.4 is 10.6 Å². The molecule has 1 heterocycles. The number of nitrogens with zero attached hydrogens (tertiary/aromatic N) is 3. The van der Waals surface area contributed by atoms with Gasteiger partial charge in [-0.2, -0.15) is 0 Å². The zero-order valence-electron chi connectivity index (χ0n) is 9.16. The van der Waals surface area contributed by atoms with Gasteiger partial charge in [-0.05, 0) is 13.0 Å². The third-order valence-electron chi connectivity index (χ3n) is 2.12. The zero-order chi connectivity index (χ0) is 11.1. The van der Waals surface area contributed by atoms with E-state index in [1.807, 2.05) is 11.6 Å². The van der Waals surface area contributed by atoms with Crippen molar-refractivity contribution in [3.05, 3.63) is 12.2 Å². The van der Waals surface area contributed by atoms with Crippen LogP contribution >= 0.6 is 0 Å². The Morgan fingerprint density at radius 3 is 3.00 bits per heavy atom. The molecule has 0 spiro atoms. The van der Waals surface area contributed by atoms with Crippen molar-refractivity contribution >= 4 is 5.91 Å². The molecule has 1 aromatic rings. The van der Waals surface area contributed by atoms with E-state index in [-0.39, 0.29) is 5.91 Å². The van der Waals surface area contributed by atoms with E-state index in [2.05, 4.69) is 20.8 Å². The van der Waals surface area contributed by atoms with Crippen molar-refractivity contribution in [3.8, 4) is 0 Å². The van der Waals surface area contributed by atoms with Gasteiger partial charge in [-0.25, -0.2) is 0 Å². The maximum Gasteiger partial charge on any atom is 0.219 e. The maximum absolute atomic E-state index is 10.9. The summed E-state index contributed by atoms with van der Waals surface area (Å²) in [6.07, 6.45) is 3.06. The van der Waals surface area contributed by atoms with Crippen molar-refractivity contribution in [2.75, 3.05) is 13.6 Å². The summed E-state index contributed by atoms with van der Waals surface area (Å²) in [6.45, 7) is 1.49. The van der Waals surface area contributed by atoms with Crippen LogP contribution in [-0.4, -0.2) is 34.3 Å². The highest BCUT2D eigenvalue weighted by atomic mass is 16.1. The molecule has 0 saturated carbocycles. The highest BCUT2D eigenvalue weighted by molar-refractivity contribution is 5.75. The number of nitrogens with one attached hydrogen (secondary N) is 2. The number of rotatable bonds is 6. The van der Waals surface area contributed by atoms with Crippen LogP contribution in [0.25, 0.3) is 0 Å². The minimum atomic E-state index is 0.0791. The SMILES string of the molecule is CNC(=O)CCCNCc1nncn1C. The molecule has 1 rings (SSSR count). The van der Waals surface area contributed by atoms with Crippen LogP contribution in [0, 0.1) is 0 Å². The molecule has 0 aliphatic heterocycles. The minimum absolute atomic E-state index is 0.0791. The lowest BCUT2D eigenvalue weighted by molar-refractivity contribution is -0.120. The molecule has 0 aliphatic carbocycles. The molecule has 0 bridgehead atoms. The summed E-state index contributed by atoms with van der Waals surface area (Å²) in [6, 6.07) is 0. The summed E-state index contributed by atoms with van der Waals surface area (Å²) < 4.78 is 1.87. The lowest BCUT2D eigenvalue weighted by Crippen LogP contribution is -2.21. The van der Waals surface area contributed by atoms with Crippen molar-refractivity contribution < 1.29 is 4.79 Å². The Labute approximate surface area is 89.1 Å². The number of aromatic nitrogens is 3. The lowest BCUT2D eigenvalue weighted by Gasteiger charge is -2.03. The summed E-state index contributed by atoms with van der Waals surface area (Å²) in [5.41, 5.74) is 0. The van der Waals surface area contributed by atoms with Gasteiger partial charge in [0.1, 0.15) is 12.2 Å². The van der Waals surface area contributed by atoms with Crippen molar-refractivity contribution in [3.63, 3.8) is 0 Å². The Kier molecular flexibility index (Phi) is 4.76. The van der Waals surface area contributed by atoms with E-state index < -0.39 is 0 Å². The average molecular weight is 211 g/mol. The molecule has 0 unspecified atom stereocenters. The fourth-order valence-electron chi connectivity index (χ4n) is 1.17. The minimum Gasteiger partial charge on any atom is -0.359 e. The number of aryl methyl sites for hydroxylation is 1. The quantitative estimate of drug-likeness (QED) is 0.618. The molecular weight excluding hydrogens is 194 g/mol. The van der Waals surface area contributed by atoms with Crippen LogP contribution in [0.1, 0.15) is 18.7 Å². The van der Waals surface area contributed by atoms with Crippen molar-refractivity contribution in [2.45, 2.75) is 19.4 Å². The van der Waals surface area contributed by atoms with Crippen molar-refractivity contribution in [1.82, 2.24) is 25.4 Å². The molecule has 0 aliphatic rings. The standard InChI is InChI=1S/C9H17N5O/c1-10-9(15)4-3-5-11-6-8-13-12-7-14(8)2/h7,11H,3-6H2,1-2H3,(H,10,15). The first-order valence-corrected chi connectivity index (χ1v) is 4.98. The number of carbonyl (C=O) groups excluding carboxylic acids is 1. The number of hydrogen-bond donors (Lipinski definition) is 2. The van der Waals surface area contributed by atoms with Crippen LogP contribution in [-0.2, 0) is 18.4 Å². The molecule has 1 aromatic heterocycles. The Bertz CT molecular complexity index is 309. The molecule has 0 aromatic carbocycles. The van der Waals surface area contributed by atoms with Crippen LogP contribution in [0.15, 0.2) is 6.33 Å². The van der Waals surface area contributed by atoms with E-state index >= 15 is 0 Å². The summed E-state index contributed by atoms with van der Waals surface area (Å²) in [4.78, 5) is 10.9. The van der Waals surface area contributed by atoms with Gasteiger partial charge in [-0.1, -0.05) is 0 Å². The van der Waals surface area contributed by atoms with Gasteiger partial charge in [0.2, 0.25) is 5.91 Å². The second-order valence-electron chi connectivity index (χ2n) is 3.31. The van der Waals surface area contributed by atoms with E-state index in [4.69, 9.17) is 0 Å². The predicted molar refractivity (Wildman–Crippen MR) is 56.0 cm³/mol. The Balaban J connectivity index is 2.07. The van der Waals surface area contributed by atoms with E-state index in [0.717, 1.165) is 18.8 Å². The van der Waals surface area contributed by atoms with Crippen molar-refractivity contribution in [1.29, 1.82) is 0 Å². The molecule has 15 heavy (non-hydrogen) atoms. The number of hydrogen-bond acceptors (Lipinski definition) is 4. The van der Waals surface area contributed by atoms with Crippen molar-refractivity contribution in [2.24, 2.45) is 7.05 Å². The predicted octanol–water partition coefficient (Wildman–Crippen LogP) is -0.569. The van der Waals surface area contributed by atoms with Gasteiger partial charge in [0.05, 0.1) is 6.54 Å².